The van der Waals surface area contributed by atoms with Gasteiger partial charge in [-0.05, 0) is 24.3 Å². The number of thioether (sulfide) groups is 1. The van der Waals surface area contributed by atoms with Crippen LogP contribution in [-0.2, 0) is 12.3 Å². The number of para-hydroxylation sites is 1. The number of benzene rings is 2. The number of allylic oxidation sites excluding steroid dienone is 1. The van der Waals surface area contributed by atoms with Crippen molar-refractivity contribution in [3.05, 3.63) is 54.9 Å². The van der Waals surface area contributed by atoms with Crippen LogP contribution in [0.1, 0.15) is 5.89 Å². The first-order valence-corrected chi connectivity index (χ1v) is 11.5. The first kappa shape index (κ1) is 24.1. The Morgan fingerprint density at radius 1 is 0.914 bits per heavy atom. The van der Waals surface area contributed by atoms with Crippen molar-refractivity contribution in [3.63, 3.8) is 0 Å². The third-order valence-electron chi connectivity index (χ3n) is 5.08. The third-order valence-corrected chi connectivity index (χ3v) is 6.03. The van der Waals surface area contributed by atoms with Crippen LogP contribution in [-0.4, -0.2) is 53.4 Å². The van der Waals surface area contributed by atoms with Gasteiger partial charge in [-0.3, -0.25) is 4.57 Å². The molecule has 0 saturated carbocycles. The van der Waals surface area contributed by atoms with Crippen LogP contribution in [0.5, 0.6) is 23.0 Å². The Bertz CT molecular complexity index is 1290. The predicted octanol–water partition coefficient (Wildman–Crippen LogP) is 4.51. The highest BCUT2D eigenvalue weighted by molar-refractivity contribution is 7.98. The van der Waals surface area contributed by atoms with Gasteiger partial charge in [0.1, 0.15) is 5.75 Å². The average molecular weight is 496 g/mol. The van der Waals surface area contributed by atoms with Crippen LogP contribution < -0.4 is 18.9 Å². The minimum absolute atomic E-state index is 0.335. The third kappa shape index (κ3) is 4.94. The molecule has 0 bridgehead atoms. The lowest BCUT2D eigenvalue weighted by molar-refractivity contribution is 0.324. The summed E-state index contributed by atoms with van der Waals surface area (Å²) in [6.45, 7) is 4.39. The van der Waals surface area contributed by atoms with E-state index in [9.17, 15) is 0 Å². The van der Waals surface area contributed by atoms with Crippen molar-refractivity contribution in [1.29, 1.82) is 0 Å². The van der Waals surface area contributed by atoms with Crippen molar-refractivity contribution in [3.8, 4) is 45.8 Å². The molecule has 0 unspecified atom stereocenters. The van der Waals surface area contributed by atoms with E-state index in [4.69, 9.17) is 23.4 Å². The van der Waals surface area contributed by atoms with Crippen molar-refractivity contribution in [2.24, 2.45) is 0 Å². The summed E-state index contributed by atoms with van der Waals surface area (Å²) >= 11 is 1.43. The Balaban J connectivity index is 1.57. The fourth-order valence-corrected chi connectivity index (χ4v) is 4.26. The molecule has 0 saturated heterocycles. The SMILES string of the molecule is C=CCn1c(SCc2nnc(-c3cc(OC)c(OC)c(OC)c3)o2)nnc1-c1ccccc1OC. The molecule has 0 fully saturated rings. The monoisotopic (exact) mass is 495 g/mol. The van der Waals surface area contributed by atoms with Gasteiger partial charge in [0.25, 0.3) is 0 Å². The zero-order valence-electron chi connectivity index (χ0n) is 19.8. The molecule has 35 heavy (non-hydrogen) atoms. The van der Waals surface area contributed by atoms with Gasteiger partial charge >= 0.3 is 0 Å². The minimum atomic E-state index is 0.335. The second-order valence-electron chi connectivity index (χ2n) is 7.11. The molecule has 0 amide bonds. The summed E-state index contributed by atoms with van der Waals surface area (Å²) in [4.78, 5) is 0. The molecule has 2 heterocycles. The lowest BCUT2D eigenvalue weighted by Crippen LogP contribution is -2.01. The summed E-state index contributed by atoms with van der Waals surface area (Å²) in [7, 11) is 6.28. The van der Waals surface area contributed by atoms with E-state index < -0.39 is 0 Å². The Hall–Kier alpha value is -3.99. The zero-order chi connectivity index (χ0) is 24.8. The maximum Gasteiger partial charge on any atom is 0.248 e. The lowest BCUT2D eigenvalue weighted by Gasteiger charge is -2.12. The highest BCUT2D eigenvalue weighted by Crippen LogP contribution is 2.41. The van der Waals surface area contributed by atoms with Crippen LogP contribution >= 0.6 is 11.8 Å². The summed E-state index contributed by atoms with van der Waals surface area (Å²) in [5.41, 5.74) is 1.50. The van der Waals surface area contributed by atoms with Crippen LogP contribution in [0.3, 0.4) is 0 Å². The largest absolute Gasteiger partial charge is 0.496 e. The second kappa shape index (κ2) is 11.0. The van der Waals surface area contributed by atoms with Gasteiger partial charge in [-0.25, -0.2) is 0 Å². The molecule has 0 aliphatic heterocycles. The summed E-state index contributed by atoms with van der Waals surface area (Å²) in [5, 5.41) is 17.8. The van der Waals surface area contributed by atoms with Crippen molar-refractivity contribution < 1.29 is 23.4 Å². The number of hydrogen-bond acceptors (Lipinski definition) is 10. The molecule has 0 atom stereocenters. The van der Waals surface area contributed by atoms with E-state index in [1.807, 2.05) is 28.8 Å². The Kier molecular flexibility index (Phi) is 7.56. The lowest BCUT2D eigenvalue weighted by atomic mass is 10.2. The highest BCUT2D eigenvalue weighted by atomic mass is 32.2. The van der Waals surface area contributed by atoms with E-state index in [1.165, 1.54) is 11.8 Å². The summed E-state index contributed by atoms with van der Waals surface area (Å²) < 4.78 is 29.5. The van der Waals surface area contributed by atoms with Gasteiger partial charge in [0.05, 0.1) is 39.8 Å². The maximum atomic E-state index is 5.90. The molecule has 182 valence electrons. The van der Waals surface area contributed by atoms with E-state index in [0.29, 0.717) is 63.6 Å². The molecule has 0 spiro atoms. The van der Waals surface area contributed by atoms with Crippen molar-refractivity contribution >= 4 is 11.8 Å². The van der Waals surface area contributed by atoms with Crippen LogP contribution in [0, 0.1) is 0 Å². The smallest absolute Gasteiger partial charge is 0.248 e. The topological polar surface area (TPSA) is 107 Å². The number of hydrogen-bond donors (Lipinski definition) is 0. The highest BCUT2D eigenvalue weighted by Gasteiger charge is 2.20. The minimum Gasteiger partial charge on any atom is -0.496 e. The van der Waals surface area contributed by atoms with Gasteiger partial charge in [-0.1, -0.05) is 30.0 Å². The standard InChI is InChI=1S/C24H25N5O5S/c1-6-11-29-22(16-9-7-8-10-17(16)30-2)26-28-24(29)35-14-20-25-27-23(34-20)15-12-18(31-3)21(33-5)19(13-15)32-4/h6-10,12-13H,1,11,14H2,2-5H3. The summed E-state index contributed by atoms with van der Waals surface area (Å²) in [5.74, 6) is 4.06. The van der Waals surface area contributed by atoms with E-state index in [0.717, 1.165) is 5.56 Å². The van der Waals surface area contributed by atoms with Crippen molar-refractivity contribution in [1.82, 2.24) is 25.0 Å². The zero-order valence-corrected chi connectivity index (χ0v) is 20.7. The quantitative estimate of drug-likeness (QED) is 0.218. The van der Waals surface area contributed by atoms with Crippen LogP contribution in [0.25, 0.3) is 22.8 Å². The normalized spacial score (nSPS) is 10.7. The van der Waals surface area contributed by atoms with E-state index in [-0.39, 0.29) is 0 Å². The maximum absolute atomic E-state index is 5.90. The molecule has 0 aliphatic rings. The molecule has 0 N–H and O–H groups in total. The van der Waals surface area contributed by atoms with Crippen LogP contribution in [0.4, 0.5) is 0 Å². The molecule has 0 radical (unpaired) electrons. The van der Waals surface area contributed by atoms with E-state index in [1.54, 1.807) is 46.6 Å². The molecular weight excluding hydrogens is 470 g/mol. The number of aromatic nitrogens is 5. The first-order chi connectivity index (χ1) is 17.1. The molecule has 4 rings (SSSR count). The summed E-state index contributed by atoms with van der Waals surface area (Å²) in [6.07, 6.45) is 1.79. The molecule has 10 nitrogen and oxygen atoms in total. The molecule has 0 aliphatic carbocycles. The predicted molar refractivity (Wildman–Crippen MR) is 131 cm³/mol. The van der Waals surface area contributed by atoms with Crippen LogP contribution in [0.15, 0.2) is 58.6 Å². The number of rotatable bonds is 11. The second-order valence-corrected chi connectivity index (χ2v) is 8.05. The number of methoxy groups -OCH3 is 4. The fraction of sp³-hybridized carbons (Fsp3) is 0.250. The Morgan fingerprint density at radius 2 is 1.63 bits per heavy atom. The first-order valence-electron chi connectivity index (χ1n) is 10.6. The van der Waals surface area contributed by atoms with Gasteiger partial charge in [0, 0.05) is 12.1 Å². The van der Waals surface area contributed by atoms with Crippen LogP contribution in [0.2, 0.25) is 0 Å². The molecule has 2 aromatic carbocycles. The van der Waals surface area contributed by atoms with Crippen molar-refractivity contribution in [2.45, 2.75) is 17.5 Å². The molecule has 11 heteroatoms. The van der Waals surface area contributed by atoms with Gasteiger partial charge in [-0.2, -0.15) is 0 Å². The number of ether oxygens (including phenoxy) is 4. The van der Waals surface area contributed by atoms with Crippen molar-refractivity contribution in [2.75, 3.05) is 28.4 Å². The molecular formula is C24H25N5O5S. The van der Waals surface area contributed by atoms with Gasteiger partial charge in [0.15, 0.2) is 22.5 Å². The van der Waals surface area contributed by atoms with E-state index >= 15 is 0 Å². The fourth-order valence-electron chi connectivity index (χ4n) is 3.48. The Morgan fingerprint density at radius 3 is 2.29 bits per heavy atom. The van der Waals surface area contributed by atoms with Gasteiger partial charge in [-0.15, -0.1) is 27.0 Å². The number of nitrogens with zero attached hydrogens (tertiary/aromatic N) is 5. The molecule has 2 aromatic heterocycles. The molecule has 4 aromatic rings. The average Bonchev–Trinajstić information content (AvgIpc) is 3.54. The van der Waals surface area contributed by atoms with E-state index in [2.05, 4.69) is 27.0 Å². The Labute approximate surface area is 206 Å². The van der Waals surface area contributed by atoms with Gasteiger partial charge in [0.2, 0.25) is 17.5 Å². The van der Waals surface area contributed by atoms with Gasteiger partial charge < -0.3 is 23.4 Å². The summed E-state index contributed by atoms with van der Waals surface area (Å²) in [6, 6.07) is 11.2.